The highest BCUT2D eigenvalue weighted by atomic mass is 79.9. The maximum atomic E-state index is 12.0. The van der Waals surface area contributed by atoms with E-state index >= 15 is 0 Å². The molecule has 2 rings (SSSR count). The Labute approximate surface area is 122 Å². The van der Waals surface area contributed by atoms with Crippen LogP contribution in [0.25, 0.3) is 0 Å². The minimum Gasteiger partial charge on any atom is -0.323 e. The Bertz CT molecular complexity index is 424. The van der Waals surface area contributed by atoms with Crippen LogP contribution in [0.15, 0.2) is 21.1 Å². The molecule has 1 aliphatic rings. The molecule has 0 saturated carbocycles. The van der Waals surface area contributed by atoms with Gasteiger partial charge in [-0.05, 0) is 63.4 Å². The molecule has 6 heteroatoms. The van der Waals surface area contributed by atoms with E-state index in [0.717, 1.165) is 28.3 Å². The first kappa shape index (κ1) is 13.3. The van der Waals surface area contributed by atoms with Crippen LogP contribution in [0, 0.1) is 0 Å². The van der Waals surface area contributed by atoms with Crippen molar-refractivity contribution < 1.29 is 4.79 Å². The lowest BCUT2D eigenvalue weighted by Crippen LogP contribution is -2.35. The van der Waals surface area contributed by atoms with Crippen LogP contribution in [0.5, 0.6) is 0 Å². The van der Waals surface area contributed by atoms with E-state index in [1.54, 1.807) is 12.1 Å². The van der Waals surface area contributed by atoms with Gasteiger partial charge >= 0.3 is 0 Å². The van der Waals surface area contributed by atoms with E-state index in [0.29, 0.717) is 10.7 Å². The Morgan fingerprint density at radius 3 is 2.59 bits per heavy atom. The second-order valence-corrected chi connectivity index (χ2v) is 6.03. The molecule has 1 aliphatic heterocycles. The van der Waals surface area contributed by atoms with Gasteiger partial charge in [0.25, 0.3) is 0 Å². The lowest BCUT2D eigenvalue weighted by atomic mass is 10.2. The normalized spacial score (nSPS) is 19.4. The van der Waals surface area contributed by atoms with Gasteiger partial charge in [-0.25, -0.2) is 0 Å². The number of nitrogens with one attached hydrogen (secondary N) is 2. The van der Waals surface area contributed by atoms with E-state index < -0.39 is 0 Å². The molecule has 1 aromatic rings. The van der Waals surface area contributed by atoms with E-state index in [9.17, 15) is 4.79 Å². The summed E-state index contributed by atoms with van der Waals surface area (Å²) in [6.45, 7) is 0.904. The Morgan fingerprint density at radius 2 is 2.06 bits per heavy atom. The van der Waals surface area contributed by atoms with Crippen molar-refractivity contribution in [2.75, 3.05) is 11.9 Å². The summed E-state index contributed by atoms with van der Waals surface area (Å²) in [5.41, 5.74) is 0.716. The van der Waals surface area contributed by atoms with Crippen molar-refractivity contribution in [3.05, 3.63) is 26.1 Å². The number of amides is 1. The molecule has 1 heterocycles. The average Bonchev–Trinajstić information content (AvgIpc) is 2.76. The minimum absolute atomic E-state index is 0.00813. The fourth-order valence-electron chi connectivity index (χ4n) is 1.78. The van der Waals surface area contributed by atoms with Gasteiger partial charge in [-0.3, -0.25) is 4.79 Å². The average molecular weight is 382 g/mol. The molecule has 0 aromatic heterocycles. The fourth-order valence-corrected chi connectivity index (χ4v) is 3.65. The molecule has 3 nitrogen and oxygen atoms in total. The number of benzene rings is 1. The quantitative estimate of drug-likeness (QED) is 0.821. The van der Waals surface area contributed by atoms with Crippen molar-refractivity contribution in [2.24, 2.45) is 0 Å². The number of anilines is 1. The monoisotopic (exact) mass is 380 g/mol. The molecule has 1 saturated heterocycles. The van der Waals surface area contributed by atoms with Crippen molar-refractivity contribution in [3.8, 4) is 0 Å². The van der Waals surface area contributed by atoms with Crippen LogP contribution in [0.2, 0.25) is 5.02 Å². The second kappa shape index (κ2) is 5.69. The summed E-state index contributed by atoms with van der Waals surface area (Å²) in [6.07, 6.45) is 1.93. The molecule has 0 unspecified atom stereocenters. The molecular weight excluding hydrogens is 371 g/mol. The summed E-state index contributed by atoms with van der Waals surface area (Å²) in [5, 5.41) is 6.66. The molecule has 0 radical (unpaired) electrons. The Kier molecular flexibility index (Phi) is 4.47. The summed E-state index contributed by atoms with van der Waals surface area (Å²) in [6, 6.07) is 3.41. The Morgan fingerprint density at radius 1 is 1.41 bits per heavy atom. The van der Waals surface area contributed by atoms with Crippen LogP contribution < -0.4 is 10.6 Å². The summed E-state index contributed by atoms with van der Waals surface area (Å²) in [5.74, 6) is -0.00813. The number of halogens is 3. The van der Waals surface area contributed by atoms with Gasteiger partial charge in [0.05, 0.1) is 11.7 Å². The summed E-state index contributed by atoms with van der Waals surface area (Å²) < 4.78 is 1.53. The van der Waals surface area contributed by atoms with Crippen LogP contribution >= 0.6 is 43.5 Å². The third-order valence-corrected chi connectivity index (χ3v) is 4.10. The molecule has 1 fully saturated rings. The van der Waals surface area contributed by atoms with Crippen molar-refractivity contribution in [1.82, 2.24) is 5.32 Å². The highest BCUT2D eigenvalue weighted by Crippen LogP contribution is 2.34. The van der Waals surface area contributed by atoms with Crippen LogP contribution in [-0.4, -0.2) is 18.5 Å². The van der Waals surface area contributed by atoms with Gasteiger partial charge in [0, 0.05) is 14.0 Å². The van der Waals surface area contributed by atoms with Crippen LogP contribution in [0.3, 0.4) is 0 Å². The maximum Gasteiger partial charge on any atom is 0.241 e. The molecule has 92 valence electrons. The summed E-state index contributed by atoms with van der Waals surface area (Å²) in [4.78, 5) is 12.0. The molecule has 1 aromatic carbocycles. The molecule has 0 aliphatic carbocycles. The zero-order chi connectivity index (χ0) is 12.4. The number of rotatable bonds is 2. The van der Waals surface area contributed by atoms with E-state index in [1.807, 2.05) is 0 Å². The van der Waals surface area contributed by atoms with Crippen molar-refractivity contribution >= 4 is 55.1 Å². The first-order valence-electron chi connectivity index (χ1n) is 5.26. The van der Waals surface area contributed by atoms with Gasteiger partial charge in [0.15, 0.2) is 0 Å². The van der Waals surface area contributed by atoms with Crippen molar-refractivity contribution in [3.63, 3.8) is 0 Å². The van der Waals surface area contributed by atoms with Gasteiger partial charge in [-0.2, -0.15) is 0 Å². The van der Waals surface area contributed by atoms with Crippen molar-refractivity contribution in [1.29, 1.82) is 0 Å². The molecule has 0 bridgehead atoms. The van der Waals surface area contributed by atoms with Gasteiger partial charge < -0.3 is 10.6 Å². The van der Waals surface area contributed by atoms with E-state index in [4.69, 9.17) is 11.6 Å². The molecule has 1 atom stereocenters. The smallest absolute Gasteiger partial charge is 0.241 e. The minimum atomic E-state index is -0.0931. The molecule has 0 spiro atoms. The standard InChI is InChI=1S/C11H11Br2ClN2O/c12-7-4-6(14)5-8(13)10(7)16-11(17)9-2-1-3-15-9/h4-5,9,15H,1-3H2,(H,16,17)/t9-/m1/s1. The predicted molar refractivity (Wildman–Crippen MR) is 76.5 cm³/mol. The fraction of sp³-hybridized carbons (Fsp3) is 0.364. The largest absolute Gasteiger partial charge is 0.323 e. The van der Waals surface area contributed by atoms with Crippen LogP contribution in [-0.2, 0) is 4.79 Å². The lowest BCUT2D eigenvalue weighted by Gasteiger charge is -2.14. The molecular formula is C11H11Br2ClN2O. The SMILES string of the molecule is O=C(Nc1c(Br)cc(Cl)cc1Br)[C@H]1CCCN1. The van der Waals surface area contributed by atoms with Gasteiger partial charge in [0.1, 0.15) is 0 Å². The lowest BCUT2D eigenvalue weighted by molar-refractivity contribution is -0.117. The highest BCUT2D eigenvalue weighted by molar-refractivity contribution is 9.11. The van der Waals surface area contributed by atoms with E-state index in [2.05, 4.69) is 42.5 Å². The van der Waals surface area contributed by atoms with Gasteiger partial charge in [-0.15, -0.1) is 0 Å². The third kappa shape index (κ3) is 3.22. The number of hydrogen-bond acceptors (Lipinski definition) is 2. The number of carbonyl (C=O) groups excluding carboxylic acids is 1. The van der Waals surface area contributed by atoms with E-state index in [-0.39, 0.29) is 11.9 Å². The molecule has 1 amide bonds. The molecule has 17 heavy (non-hydrogen) atoms. The van der Waals surface area contributed by atoms with E-state index in [1.165, 1.54) is 0 Å². The summed E-state index contributed by atoms with van der Waals surface area (Å²) >= 11 is 12.7. The molecule has 2 N–H and O–H groups in total. The maximum absolute atomic E-state index is 12.0. The number of hydrogen-bond donors (Lipinski definition) is 2. The Hall–Kier alpha value is -0.100. The topological polar surface area (TPSA) is 41.1 Å². The van der Waals surface area contributed by atoms with Gasteiger partial charge in [-0.1, -0.05) is 11.6 Å². The highest BCUT2D eigenvalue weighted by Gasteiger charge is 2.23. The zero-order valence-electron chi connectivity index (χ0n) is 8.90. The zero-order valence-corrected chi connectivity index (χ0v) is 12.8. The predicted octanol–water partition coefficient (Wildman–Crippen LogP) is 3.56. The first-order chi connectivity index (χ1) is 8.08. The summed E-state index contributed by atoms with van der Waals surface area (Å²) in [7, 11) is 0. The third-order valence-electron chi connectivity index (χ3n) is 2.63. The van der Waals surface area contributed by atoms with Crippen molar-refractivity contribution in [2.45, 2.75) is 18.9 Å². The first-order valence-corrected chi connectivity index (χ1v) is 7.23. The number of carbonyl (C=O) groups is 1. The van der Waals surface area contributed by atoms with Gasteiger partial charge in [0.2, 0.25) is 5.91 Å². The second-order valence-electron chi connectivity index (χ2n) is 3.88. The Balaban J connectivity index is 2.15. The van der Waals surface area contributed by atoms with Crippen LogP contribution in [0.4, 0.5) is 5.69 Å². The van der Waals surface area contributed by atoms with Crippen LogP contribution in [0.1, 0.15) is 12.8 Å².